The van der Waals surface area contributed by atoms with Gasteiger partial charge in [-0.3, -0.25) is 0 Å². The highest BCUT2D eigenvalue weighted by Crippen LogP contribution is 2.35. The zero-order valence-electron chi connectivity index (χ0n) is 10.9. The van der Waals surface area contributed by atoms with E-state index in [1.54, 1.807) is 0 Å². The molecule has 1 heterocycles. The molecule has 0 bridgehead atoms. The maximum atomic E-state index is 10.7. The Morgan fingerprint density at radius 2 is 2.15 bits per heavy atom. The summed E-state index contributed by atoms with van der Waals surface area (Å²) in [5.41, 5.74) is 1.09. The second-order valence-electron chi connectivity index (χ2n) is 4.96. The highest BCUT2D eigenvalue weighted by molar-refractivity contribution is 5.84. The number of carboxylic acid groups (broad SMARTS) is 1. The van der Waals surface area contributed by atoms with E-state index in [-0.39, 0.29) is 11.8 Å². The summed E-state index contributed by atoms with van der Waals surface area (Å²) in [5, 5.41) is 8.77. The van der Waals surface area contributed by atoms with Crippen molar-refractivity contribution in [3.05, 3.63) is 41.8 Å². The summed E-state index contributed by atoms with van der Waals surface area (Å²) in [7, 11) is 0. The topological polar surface area (TPSA) is 72.6 Å². The molecule has 104 valence electrons. The van der Waals surface area contributed by atoms with Crippen LogP contribution in [0.15, 0.2) is 34.9 Å². The standard InChI is InChI=1S/C15H15NO4/c17-14(18)13-9-19-15(16-13)20-12-7-3-6-11(8-12)10-4-1-2-5-10/h3,6-10H,1-2,4-5H2,(H,17,18). The molecular formula is C15H15NO4. The van der Waals surface area contributed by atoms with Crippen LogP contribution >= 0.6 is 0 Å². The highest BCUT2D eigenvalue weighted by Gasteiger charge is 2.18. The van der Waals surface area contributed by atoms with E-state index in [0.29, 0.717) is 11.7 Å². The number of carboxylic acids is 1. The van der Waals surface area contributed by atoms with Crippen LogP contribution in [-0.2, 0) is 0 Å². The van der Waals surface area contributed by atoms with Gasteiger partial charge in [0.05, 0.1) is 0 Å². The number of hydrogen-bond donors (Lipinski definition) is 1. The lowest BCUT2D eigenvalue weighted by molar-refractivity contribution is 0.0690. The molecule has 1 aliphatic carbocycles. The normalized spacial score (nSPS) is 15.4. The number of aromatic carboxylic acids is 1. The van der Waals surface area contributed by atoms with Gasteiger partial charge in [0, 0.05) is 0 Å². The lowest BCUT2D eigenvalue weighted by Crippen LogP contribution is -1.96. The van der Waals surface area contributed by atoms with E-state index in [9.17, 15) is 4.79 Å². The molecule has 1 aromatic carbocycles. The minimum atomic E-state index is -1.14. The minimum Gasteiger partial charge on any atom is -0.476 e. The van der Waals surface area contributed by atoms with Gasteiger partial charge in [-0.25, -0.2) is 4.79 Å². The SMILES string of the molecule is O=C(O)c1coc(Oc2cccc(C3CCCC3)c2)n1. The minimum absolute atomic E-state index is 0.0500. The second-order valence-corrected chi connectivity index (χ2v) is 4.96. The van der Waals surface area contributed by atoms with Crippen molar-refractivity contribution in [3.63, 3.8) is 0 Å². The fourth-order valence-corrected chi connectivity index (χ4v) is 2.59. The Morgan fingerprint density at radius 1 is 1.35 bits per heavy atom. The summed E-state index contributed by atoms with van der Waals surface area (Å²) >= 11 is 0. The quantitative estimate of drug-likeness (QED) is 0.916. The second kappa shape index (κ2) is 5.36. The Balaban J connectivity index is 1.76. The first-order chi connectivity index (χ1) is 9.72. The van der Waals surface area contributed by atoms with E-state index in [1.165, 1.54) is 31.2 Å². The van der Waals surface area contributed by atoms with Crippen LogP contribution in [0.1, 0.15) is 47.7 Å². The molecule has 0 amide bonds. The van der Waals surface area contributed by atoms with Crippen LogP contribution in [0.5, 0.6) is 11.8 Å². The number of hydrogen-bond acceptors (Lipinski definition) is 4. The Labute approximate surface area is 116 Å². The van der Waals surface area contributed by atoms with Crippen molar-refractivity contribution < 1.29 is 19.1 Å². The molecule has 1 aromatic heterocycles. The molecule has 0 radical (unpaired) electrons. The molecule has 1 N–H and O–H groups in total. The lowest BCUT2D eigenvalue weighted by Gasteiger charge is -2.10. The van der Waals surface area contributed by atoms with Gasteiger partial charge in [0.2, 0.25) is 0 Å². The fourth-order valence-electron chi connectivity index (χ4n) is 2.59. The van der Waals surface area contributed by atoms with E-state index in [0.717, 1.165) is 6.26 Å². The van der Waals surface area contributed by atoms with Crippen LogP contribution in [0, 0.1) is 0 Å². The van der Waals surface area contributed by atoms with Gasteiger partial charge in [-0.15, -0.1) is 0 Å². The molecular weight excluding hydrogens is 258 g/mol. The maximum Gasteiger partial charge on any atom is 0.399 e. The van der Waals surface area contributed by atoms with Crippen molar-refractivity contribution in [2.45, 2.75) is 31.6 Å². The molecule has 5 heteroatoms. The smallest absolute Gasteiger partial charge is 0.399 e. The zero-order valence-corrected chi connectivity index (χ0v) is 10.9. The number of oxazole rings is 1. The first kappa shape index (κ1) is 12.7. The molecule has 3 rings (SSSR count). The van der Waals surface area contributed by atoms with Gasteiger partial charge in [-0.05, 0) is 36.5 Å². The zero-order chi connectivity index (χ0) is 13.9. The molecule has 0 unspecified atom stereocenters. The lowest BCUT2D eigenvalue weighted by atomic mass is 9.98. The van der Waals surface area contributed by atoms with Crippen LogP contribution in [0.4, 0.5) is 0 Å². The first-order valence-corrected chi connectivity index (χ1v) is 6.69. The Kier molecular flexibility index (Phi) is 3.41. The van der Waals surface area contributed by atoms with Gasteiger partial charge < -0.3 is 14.3 Å². The molecule has 0 atom stereocenters. The molecule has 5 nitrogen and oxygen atoms in total. The number of ether oxygens (including phenoxy) is 1. The average molecular weight is 273 g/mol. The van der Waals surface area contributed by atoms with Crippen LogP contribution < -0.4 is 4.74 Å². The Bertz CT molecular complexity index is 614. The van der Waals surface area contributed by atoms with Crippen LogP contribution in [0.3, 0.4) is 0 Å². The molecule has 1 saturated carbocycles. The largest absolute Gasteiger partial charge is 0.476 e. The Morgan fingerprint density at radius 3 is 2.85 bits per heavy atom. The monoisotopic (exact) mass is 273 g/mol. The van der Waals surface area contributed by atoms with Gasteiger partial charge in [0.15, 0.2) is 5.69 Å². The predicted octanol–water partition coefficient (Wildman–Crippen LogP) is 3.82. The summed E-state index contributed by atoms with van der Waals surface area (Å²) in [6.07, 6.45) is 6.00. The van der Waals surface area contributed by atoms with E-state index < -0.39 is 5.97 Å². The third-order valence-electron chi connectivity index (χ3n) is 3.59. The Hall–Kier alpha value is -2.30. The summed E-state index contributed by atoms with van der Waals surface area (Å²) in [4.78, 5) is 14.5. The van der Waals surface area contributed by atoms with Crippen LogP contribution in [0.2, 0.25) is 0 Å². The summed E-state index contributed by atoms with van der Waals surface area (Å²) < 4.78 is 10.4. The van der Waals surface area contributed by atoms with Gasteiger partial charge >= 0.3 is 12.0 Å². The molecule has 1 fully saturated rings. The van der Waals surface area contributed by atoms with Gasteiger partial charge in [-0.2, -0.15) is 4.98 Å². The maximum absolute atomic E-state index is 10.7. The van der Waals surface area contributed by atoms with Crippen molar-refractivity contribution in [1.29, 1.82) is 0 Å². The summed E-state index contributed by atoms with van der Waals surface area (Å²) in [6.45, 7) is 0. The van der Waals surface area contributed by atoms with Crippen LogP contribution in [0.25, 0.3) is 0 Å². The molecule has 1 aliphatic rings. The van der Waals surface area contributed by atoms with Gasteiger partial charge in [-0.1, -0.05) is 25.0 Å². The number of aromatic nitrogens is 1. The average Bonchev–Trinajstić information content (AvgIpc) is 3.10. The van der Waals surface area contributed by atoms with Crippen LogP contribution in [-0.4, -0.2) is 16.1 Å². The first-order valence-electron chi connectivity index (χ1n) is 6.69. The number of carbonyl (C=O) groups is 1. The van der Waals surface area contributed by atoms with E-state index in [1.807, 2.05) is 18.2 Å². The van der Waals surface area contributed by atoms with E-state index in [2.05, 4.69) is 11.1 Å². The van der Waals surface area contributed by atoms with Gasteiger partial charge in [0.25, 0.3) is 0 Å². The van der Waals surface area contributed by atoms with Gasteiger partial charge in [0.1, 0.15) is 12.0 Å². The van der Waals surface area contributed by atoms with Crippen molar-refractivity contribution in [2.75, 3.05) is 0 Å². The fraction of sp³-hybridized carbons (Fsp3) is 0.333. The van der Waals surface area contributed by atoms with Crippen molar-refractivity contribution >= 4 is 5.97 Å². The van der Waals surface area contributed by atoms with Crippen molar-refractivity contribution in [3.8, 4) is 11.8 Å². The molecule has 0 saturated heterocycles. The van der Waals surface area contributed by atoms with Crippen molar-refractivity contribution in [2.24, 2.45) is 0 Å². The summed E-state index contributed by atoms with van der Waals surface area (Å²) in [5.74, 6) is 0.0779. The number of rotatable bonds is 4. The third-order valence-corrected chi connectivity index (χ3v) is 3.59. The van der Waals surface area contributed by atoms with Crippen molar-refractivity contribution in [1.82, 2.24) is 4.98 Å². The molecule has 0 aliphatic heterocycles. The predicted molar refractivity (Wildman–Crippen MR) is 71.2 cm³/mol. The highest BCUT2D eigenvalue weighted by atomic mass is 16.6. The molecule has 0 spiro atoms. The van der Waals surface area contributed by atoms with E-state index >= 15 is 0 Å². The number of nitrogens with zero attached hydrogens (tertiary/aromatic N) is 1. The molecule has 2 aromatic rings. The third kappa shape index (κ3) is 2.66. The summed E-state index contributed by atoms with van der Waals surface area (Å²) in [6, 6.07) is 7.81. The van der Waals surface area contributed by atoms with E-state index in [4.69, 9.17) is 14.3 Å². The molecule has 20 heavy (non-hydrogen) atoms. The number of benzene rings is 1.